The summed E-state index contributed by atoms with van der Waals surface area (Å²) in [6.07, 6.45) is -0.0221. The number of carbonyl (C=O) groups excluding carboxylic acids is 1. The number of aliphatic carboxylic acids is 1. The Hall–Kier alpha value is -3.33. The van der Waals surface area contributed by atoms with Crippen LogP contribution >= 0.6 is 0 Å². The number of carboxylic acids is 1. The zero-order valence-corrected chi connectivity index (χ0v) is 15.2. The quantitative estimate of drug-likeness (QED) is 0.532. The second-order valence-corrected chi connectivity index (χ2v) is 6.75. The molecule has 1 aromatic heterocycles. The summed E-state index contributed by atoms with van der Waals surface area (Å²) in [4.78, 5) is 11.2. The highest BCUT2D eigenvalue weighted by molar-refractivity contribution is 6.04. The van der Waals surface area contributed by atoms with Gasteiger partial charge >= 0.3 is 0 Å². The van der Waals surface area contributed by atoms with Gasteiger partial charge in [0.25, 0.3) is 0 Å². The fourth-order valence-electron chi connectivity index (χ4n) is 3.70. The van der Waals surface area contributed by atoms with Gasteiger partial charge < -0.3 is 14.5 Å². The molecule has 3 heteroatoms. The summed E-state index contributed by atoms with van der Waals surface area (Å²) in [5, 5.41) is 12.3. The maximum absolute atomic E-state index is 11.2. The third-order valence-corrected chi connectivity index (χ3v) is 4.87. The number of nitrogens with zero attached hydrogens (tertiary/aromatic N) is 1. The predicted octanol–water partition coefficient (Wildman–Crippen LogP) is 4.42. The molecular formula is C24H20NO2-. The Morgan fingerprint density at radius 3 is 2.15 bits per heavy atom. The molecule has 0 atom stereocenters. The van der Waals surface area contributed by atoms with Crippen molar-refractivity contribution in [3.63, 3.8) is 0 Å². The number of aryl methyl sites for hydroxylation is 2. The van der Waals surface area contributed by atoms with Crippen molar-refractivity contribution in [2.45, 2.75) is 19.9 Å². The molecule has 0 fully saturated rings. The maximum Gasteiger partial charge on any atom is 0.0571 e. The van der Waals surface area contributed by atoms with E-state index in [4.69, 9.17) is 0 Å². The summed E-state index contributed by atoms with van der Waals surface area (Å²) in [7, 11) is 0. The van der Waals surface area contributed by atoms with Gasteiger partial charge in [-0.15, -0.1) is 0 Å². The summed E-state index contributed by atoms with van der Waals surface area (Å²) >= 11 is 0. The summed E-state index contributed by atoms with van der Waals surface area (Å²) in [6, 6.07) is 26.8. The molecule has 0 unspecified atom stereocenters. The van der Waals surface area contributed by atoms with Crippen molar-refractivity contribution >= 4 is 16.9 Å². The Balaban J connectivity index is 2.09. The van der Waals surface area contributed by atoms with E-state index in [0.717, 1.165) is 33.3 Å². The minimum atomic E-state index is -1.04. The fraction of sp³-hybridized carbons (Fsp3) is 0.125. The minimum Gasteiger partial charge on any atom is -0.550 e. The maximum atomic E-state index is 11.2. The van der Waals surface area contributed by atoms with E-state index in [1.54, 1.807) is 0 Å². The van der Waals surface area contributed by atoms with Gasteiger partial charge in [0.2, 0.25) is 0 Å². The van der Waals surface area contributed by atoms with Crippen molar-refractivity contribution in [1.82, 2.24) is 4.57 Å². The summed E-state index contributed by atoms with van der Waals surface area (Å²) in [5.41, 5.74) is 6.60. The molecule has 0 aliphatic rings. The Kier molecular flexibility index (Phi) is 4.51. The van der Waals surface area contributed by atoms with Crippen LogP contribution in [0, 0.1) is 6.92 Å². The van der Waals surface area contributed by atoms with Crippen LogP contribution in [-0.4, -0.2) is 10.5 Å². The number of hydrogen-bond acceptors (Lipinski definition) is 2. The average molecular weight is 354 g/mol. The highest BCUT2D eigenvalue weighted by atomic mass is 16.4. The van der Waals surface area contributed by atoms with Crippen LogP contribution in [0.5, 0.6) is 0 Å². The number of hydrogen-bond donors (Lipinski definition) is 0. The standard InChI is InChI=1S/C24H21NO2/c1-17-12-13-21-20(16-17)23(18-8-4-2-5-9-18)24(19-10-6-3-7-11-19)25(21)15-14-22(26)27/h2-13,16H,14-15H2,1H3,(H,26,27)/p-1. The van der Waals surface area contributed by atoms with E-state index in [1.165, 1.54) is 5.56 Å². The second-order valence-electron chi connectivity index (χ2n) is 6.75. The Bertz CT molecular complexity index is 1100. The molecule has 4 aromatic rings. The highest BCUT2D eigenvalue weighted by Crippen LogP contribution is 2.41. The molecule has 0 spiro atoms. The summed E-state index contributed by atoms with van der Waals surface area (Å²) in [6.45, 7) is 2.45. The van der Waals surface area contributed by atoms with Gasteiger partial charge in [0, 0.05) is 35.4 Å². The highest BCUT2D eigenvalue weighted by Gasteiger charge is 2.19. The monoisotopic (exact) mass is 354 g/mol. The average Bonchev–Trinajstić information content (AvgIpc) is 3.01. The van der Waals surface area contributed by atoms with Crippen LogP contribution in [0.25, 0.3) is 33.3 Å². The molecule has 0 saturated heterocycles. The first-order valence-corrected chi connectivity index (χ1v) is 9.08. The van der Waals surface area contributed by atoms with Crippen LogP contribution in [0.4, 0.5) is 0 Å². The fourth-order valence-corrected chi connectivity index (χ4v) is 3.70. The lowest BCUT2D eigenvalue weighted by atomic mass is 9.98. The van der Waals surface area contributed by atoms with Crippen molar-refractivity contribution in [3.05, 3.63) is 84.4 Å². The van der Waals surface area contributed by atoms with Crippen molar-refractivity contribution < 1.29 is 9.90 Å². The molecule has 4 rings (SSSR count). The smallest absolute Gasteiger partial charge is 0.0571 e. The van der Waals surface area contributed by atoms with Gasteiger partial charge in [-0.25, -0.2) is 0 Å². The third kappa shape index (κ3) is 3.24. The van der Waals surface area contributed by atoms with E-state index in [-0.39, 0.29) is 6.42 Å². The minimum absolute atomic E-state index is 0.0221. The van der Waals surface area contributed by atoms with Gasteiger partial charge in [0.15, 0.2) is 0 Å². The van der Waals surface area contributed by atoms with Crippen molar-refractivity contribution in [2.75, 3.05) is 0 Å². The number of fused-ring (bicyclic) bond motifs is 1. The first-order chi connectivity index (χ1) is 13.1. The van der Waals surface area contributed by atoms with Gasteiger partial charge in [-0.1, -0.05) is 72.3 Å². The lowest BCUT2D eigenvalue weighted by Gasteiger charge is -2.13. The van der Waals surface area contributed by atoms with Crippen LogP contribution in [0.1, 0.15) is 12.0 Å². The molecule has 0 bridgehead atoms. The second kappa shape index (κ2) is 7.12. The number of benzene rings is 3. The lowest BCUT2D eigenvalue weighted by molar-refractivity contribution is -0.305. The summed E-state index contributed by atoms with van der Waals surface area (Å²) in [5.74, 6) is -1.04. The molecule has 27 heavy (non-hydrogen) atoms. The number of aromatic nitrogens is 1. The number of rotatable bonds is 5. The van der Waals surface area contributed by atoms with Crippen LogP contribution in [0.15, 0.2) is 78.9 Å². The molecule has 3 nitrogen and oxygen atoms in total. The number of carbonyl (C=O) groups is 1. The normalized spacial score (nSPS) is 11.0. The molecule has 0 N–H and O–H groups in total. The largest absolute Gasteiger partial charge is 0.550 e. The molecule has 0 saturated carbocycles. The first kappa shape index (κ1) is 17.1. The molecule has 1 heterocycles. The van der Waals surface area contributed by atoms with E-state index in [1.807, 2.05) is 36.4 Å². The zero-order valence-electron chi connectivity index (χ0n) is 15.2. The number of carboxylic acid groups (broad SMARTS) is 1. The van der Waals surface area contributed by atoms with Crippen LogP contribution in [-0.2, 0) is 11.3 Å². The summed E-state index contributed by atoms with van der Waals surface area (Å²) < 4.78 is 2.11. The molecule has 134 valence electrons. The van der Waals surface area contributed by atoms with E-state index in [0.29, 0.717) is 6.54 Å². The van der Waals surface area contributed by atoms with E-state index in [9.17, 15) is 9.90 Å². The zero-order chi connectivity index (χ0) is 18.8. The molecule has 0 aliphatic carbocycles. The Morgan fingerprint density at radius 2 is 1.52 bits per heavy atom. The van der Waals surface area contributed by atoms with E-state index >= 15 is 0 Å². The lowest BCUT2D eigenvalue weighted by Crippen LogP contribution is -2.23. The SMILES string of the molecule is Cc1ccc2c(c1)c(-c1ccccc1)c(-c1ccccc1)n2CCC(=O)[O-]. The molecular weight excluding hydrogens is 334 g/mol. The molecule has 3 aromatic carbocycles. The van der Waals surface area contributed by atoms with Gasteiger partial charge in [-0.3, -0.25) is 0 Å². The van der Waals surface area contributed by atoms with E-state index in [2.05, 4.69) is 54.0 Å². The third-order valence-electron chi connectivity index (χ3n) is 4.87. The van der Waals surface area contributed by atoms with Gasteiger partial charge in [0.1, 0.15) is 0 Å². The van der Waals surface area contributed by atoms with Crippen LogP contribution in [0.3, 0.4) is 0 Å². The Morgan fingerprint density at radius 1 is 0.889 bits per heavy atom. The van der Waals surface area contributed by atoms with Gasteiger partial charge in [-0.05, 0) is 30.2 Å². The van der Waals surface area contributed by atoms with Gasteiger partial charge in [-0.2, -0.15) is 0 Å². The van der Waals surface area contributed by atoms with Crippen molar-refractivity contribution in [1.29, 1.82) is 0 Å². The Labute approximate surface area is 158 Å². The molecule has 0 aliphatic heterocycles. The first-order valence-electron chi connectivity index (χ1n) is 9.08. The van der Waals surface area contributed by atoms with Crippen molar-refractivity contribution in [2.24, 2.45) is 0 Å². The topological polar surface area (TPSA) is 45.1 Å². The molecule has 0 amide bonds. The molecule has 0 radical (unpaired) electrons. The van der Waals surface area contributed by atoms with Crippen molar-refractivity contribution in [3.8, 4) is 22.4 Å². The van der Waals surface area contributed by atoms with Crippen LogP contribution < -0.4 is 5.11 Å². The van der Waals surface area contributed by atoms with Crippen LogP contribution in [0.2, 0.25) is 0 Å². The predicted molar refractivity (Wildman–Crippen MR) is 107 cm³/mol. The van der Waals surface area contributed by atoms with Gasteiger partial charge in [0.05, 0.1) is 5.69 Å². The van der Waals surface area contributed by atoms with E-state index < -0.39 is 5.97 Å².